The largest absolute Gasteiger partial charge is 0.379 e. The fraction of sp³-hybridized carbons (Fsp3) is 0.636. The number of carbonyl (C=O) groups is 1. The van der Waals surface area contributed by atoms with Crippen LogP contribution in [0.25, 0.3) is 0 Å². The molecule has 2 heterocycles. The van der Waals surface area contributed by atoms with E-state index in [2.05, 4.69) is 25.4 Å². The van der Waals surface area contributed by atoms with Gasteiger partial charge in [-0.1, -0.05) is 12.1 Å². The van der Waals surface area contributed by atoms with Gasteiger partial charge in [-0.2, -0.15) is 0 Å². The second-order valence-corrected chi connectivity index (χ2v) is 7.94. The Hall–Kier alpha value is -1.50. The summed E-state index contributed by atoms with van der Waals surface area (Å²) in [4.78, 5) is 22.4. The smallest absolute Gasteiger partial charge is 0.219 e. The molecule has 0 aromatic heterocycles. The molecular formula is C22H36FIN6O2. The maximum absolute atomic E-state index is 13.4. The van der Waals surface area contributed by atoms with Crippen molar-refractivity contribution in [3.63, 3.8) is 0 Å². The molecule has 2 saturated heterocycles. The third kappa shape index (κ3) is 8.13. The van der Waals surface area contributed by atoms with Gasteiger partial charge >= 0.3 is 0 Å². The van der Waals surface area contributed by atoms with Crippen molar-refractivity contribution < 1.29 is 13.9 Å². The van der Waals surface area contributed by atoms with E-state index < -0.39 is 0 Å². The molecule has 1 amide bonds. The summed E-state index contributed by atoms with van der Waals surface area (Å²) in [5.74, 6) is 0.681. The van der Waals surface area contributed by atoms with Crippen LogP contribution in [0.15, 0.2) is 29.3 Å². The fourth-order valence-electron chi connectivity index (χ4n) is 4.06. The van der Waals surface area contributed by atoms with Crippen LogP contribution in [0.5, 0.6) is 0 Å². The van der Waals surface area contributed by atoms with Crippen LogP contribution in [0.2, 0.25) is 0 Å². The Balaban J connectivity index is 0.00000363. The Morgan fingerprint density at radius 2 is 1.75 bits per heavy atom. The van der Waals surface area contributed by atoms with E-state index in [1.165, 1.54) is 12.1 Å². The first-order valence-electron chi connectivity index (χ1n) is 11.1. The zero-order chi connectivity index (χ0) is 22.1. The predicted octanol–water partition coefficient (Wildman–Crippen LogP) is 1.15. The SMILES string of the molecule is CN=C(NCCN1CCN(C(C)=O)CC1)NCC(c1ccc(F)cc1)N1CCOCC1.I. The summed E-state index contributed by atoms with van der Waals surface area (Å²) in [6, 6.07) is 6.86. The molecule has 1 aromatic rings. The van der Waals surface area contributed by atoms with Gasteiger partial charge in [0, 0.05) is 72.9 Å². The molecule has 8 nitrogen and oxygen atoms in total. The highest BCUT2D eigenvalue weighted by atomic mass is 127. The highest BCUT2D eigenvalue weighted by Gasteiger charge is 2.23. The molecule has 0 aliphatic carbocycles. The highest BCUT2D eigenvalue weighted by molar-refractivity contribution is 14.0. The summed E-state index contributed by atoms with van der Waals surface area (Å²) in [6.45, 7) is 10.5. The fourth-order valence-corrected chi connectivity index (χ4v) is 4.06. The van der Waals surface area contributed by atoms with Gasteiger partial charge in [-0.25, -0.2) is 4.39 Å². The normalized spacial score (nSPS) is 19.2. The van der Waals surface area contributed by atoms with Gasteiger partial charge < -0.3 is 20.3 Å². The average Bonchev–Trinajstić information content (AvgIpc) is 2.80. The molecule has 1 aromatic carbocycles. The minimum Gasteiger partial charge on any atom is -0.379 e. The van der Waals surface area contributed by atoms with Crippen molar-refractivity contribution in [1.82, 2.24) is 25.3 Å². The van der Waals surface area contributed by atoms with E-state index >= 15 is 0 Å². The molecule has 2 aliphatic heterocycles. The minimum absolute atomic E-state index is 0. The van der Waals surface area contributed by atoms with Gasteiger partial charge in [-0.3, -0.25) is 19.6 Å². The topological polar surface area (TPSA) is 72.4 Å². The monoisotopic (exact) mass is 562 g/mol. The number of nitrogens with zero attached hydrogens (tertiary/aromatic N) is 4. The Morgan fingerprint density at radius 1 is 1.09 bits per heavy atom. The number of halogens is 2. The summed E-state index contributed by atoms with van der Waals surface area (Å²) in [5.41, 5.74) is 1.08. The van der Waals surface area contributed by atoms with Gasteiger partial charge in [0.1, 0.15) is 5.82 Å². The van der Waals surface area contributed by atoms with E-state index in [0.717, 1.165) is 63.9 Å². The number of nitrogens with one attached hydrogen (secondary N) is 2. The number of guanidine groups is 1. The number of piperazine rings is 1. The molecule has 2 fully saturated rings. The van der Waals surface area contributed by atoms with Crippen LogP contribution in [0.1, 0.15) is 18.5 Å². The number of benzene rings is 1. The lowest BCUT2D eigenvalue weighted by Crippen LogP contribution is -2.51. The maximum atomic E-state index is 13.4. The molecule has 32 heavy (non-hydrogen) atoms. The van der Waals surface area contributed by atoms with Crippen molar-refractivity contribution in [2.75, 3.05) is 79.2 Å². The lowest BCUT2D eigenvalue weighted by Gasteiger charge is -2.35. The molecule has 0 radical (unpaired) electrons. The molecule has 0 saturated carbocycles. The lowest BCUT2D eigenvalue weighted by molar-refractivity contribution is -0.130. The van der Waals surface area contributed by atoms with Gasteiger partial charge in [-0.15, -0.1) is 24.0 Å². The number of rotatable bonds is 7. The highest BCUT2D eigenvalue weighted by Crippen LogP contribution is 2.21. The summed E-state index contributed by atoms with van der Waals surface area (Å²) >= 11 is 0. The first-order chi connectivity index (χ1) is 15.1. The third-order valence-electron chi connectivity index (χ3n) is 5.97. The first-order valence-corrected chi connectivity index (χ1v) is 11.1. The zero-order valence-electron chi connectivity index (χ0n) is 19.1. The van der Waals surface area contributed by atoms with Crippen molar-refractivity contribution in [3.8, 4) is 0 Å². The van der Waals surface area contributed by atoms with Crippen LogP contribution < -0.4 is 10.6 Å². The Kier molecular flexibility index (Phi) is 11.6. The average molecular weight is 562 g/mol. The van der Waals surface area contributed by atoms with Crippen molar-refractivity contribution in [3.05, 3.63) is 35.6 Å². The van der Waals surface area contributed by atoms with Gasteiger partial charge in [0.05, 0.1) is 19.3 Å². The standard InChI is InChI=1S/C22H35FN6O2.HI/c1-18(30)28-11-9-27(10-12-28)8-7-25-22(24-2)26-17-21(29-13-15-31-16-14-29)19-3-5-20(23)6-4-19;/h3-6,21H,7-17H2,1-2H3,(H2,24,25,26);1H. The van der Waals surface area contributed by atoms with Crippen molar-refractivity contribution in [2.45, 2.75) is 13.0 Å². The van der Waals surface area contributed by atoms with Crippen LogP contribution in [-0.2, 0) is 9.53 Å². The second kappa shape index (κ2) is 13.9. The molecule has 1 unspecified atom stereocenters. The molecular weight excluding hydrogens is 526 g/mol. The van der Waals surface area contributed by atoms with Gasteiger partial charge in [0.25, 0.3) is 0 Å². The maximum Gasteiger partial charge on any atom is 0.219 e. The van der Waals surface area contributed by atoms with E-state index in [9.17, 15) is 9.18 Å². The Bertz CT molecular complexity index is 722. The number of carbonyl (C=O) groups excluding carboxylic acids is 1. The molecule has 1 atom stereocenters. The molecule has 0 bridgehead atoms. The van der Waals surface area contributed by atoms with Crippen LogP contribution in [-0.4, -0.2) is 106 Å². The van der Waals surface area contributed by atoms with Crippen LogP contribution in [0, 0.1) is 5.82 Å². The molecule has 2 N–H and O–H groups in total. The summed E-state index contributed by atoms with van der Waals surface area (Å²) in [7, 11) is 1.77. The number of hydrogen-bond acceptors (Lipinski definition) is 5. The summed E-state index contributed by atoms with van der Waals surface area (Å²) in [6.07, 6.45) is 0. The quantitative estimate of drug-likeness (QED) is 0.295. The van der Waals surface area contributed by atoms with E-state index in [1.54, 1.807) is 14.0 Å². The molecule has 2 aliphatic rings. The summed E-state index contributed by atoms with van der Waals surface area (Å²) < 4.78 is 18.9. The van der Waals surface area contributed by atoms with Crippen LogP contribution in [0.3, 0.4) is 0 Å². The number of ether oxygens (including phenoxy) is 1. The number of amides is 1. The summed E-state index contributed by atoms with van der Waals surface area (Å²) in [5, 5.41) is 6.81. The predicted molar refractivity (Wildman–Crippen MR) is 135 cm³/mol. The second-order valence-electron chi connectivity index (χ2n) is 7.94. The van der Waals surface area contributed by atoms with Crippen molar-refractivity contribution >= 4 is 35.8 Å². The third-order valence-corrected chi connectivity index (χ3v) is 5.97. The van der Waals surface area contributed by atoms with E-state index in [-0.39, 0.29) is 41.7 Å². The van der Waals surface area contributed by atoms with E-state index in [1.807, 2.05) is 17.0 Å². The van der Waals surface area contributed by atoms with Crippen molar-refractivity contribution in [1.29, 1.82) is 0 Å². The van der Waals surface area contributed by atoms with Gasteiger partial charge in [0.15, 0.2) is 5.96 Å². The molecule has 0 spiro atoms. The van der Waals surface area contributed by atoms with Crippen LogP contribution >= 0.6 is 24.0 Å². The Morgan fingerprint density at radius 3 is 2.34 bits per heavy atom. The van der Waals surface area contributed by atoms with Crippen LogP contribution in [0.4, 0.5) is 4.39 Å². The van der Waals surface area contributed by atoms with Gasteiger partial charge in [0.2, 0.25) is 5.91 Å². The lowest BCUT2D eigenvalue weighted by atomic mass is 10.0. The number of morpholine rings is 1. The molecule has 180 valence electrons. The molecule has 10 heteroatoms. The van der Waals surface area contributed by atoms with Crippen molar-refractivity contribution in [2.24, 2.45) is 4.99 Å². The first kappa shape index (κ1) is 26.7. The zero-order valence-corrected chi connectivity index (χ0v) is 21.4. The van der Waals surface area contributed by atoms with Gasteiger partial charge in [-0.05, 0) is 17.7 Å². The van der Waals surface area contributed by atoms with E-state index in [0.29, 0.717) is 19.8 Å². The Labute approximate surface area is 207 Å². The number of hydrogen-bond donors (Lipinski definition) is 2. The molecule has 3 rings (SSSR count). The minimum atomic E-state index is -0.223. The number of aliphatic imine (C=N–C) groups is 1. The van der Waals surface area contributed by atoms with E-state index in [4.69, 9.17) is 4.74 Å².